The van der Waals surface area contributed by atoms with Crippen LogP contribution in [0.15, 0.2) is 41.0 Å². The molecule has 3 N–H and O–H groups in total. The van der Waals surface area contributed by atoms with Crippen LogP contribution >= 0.6 is 12.4 Å². The molecular weight excluding hydrogens is 311 g/mol. The summed E-state index contributed by atoms with van der Waals surface area (Å²) in [6, 6.07) is 7.42. The van der Waals surface area contributed by atoms with Crippen LogP contribution in [0.4, 0.5) is 4.39 Å². The van der Waals surface area contributed by atoms with Crippen LogP contribution in [0, 0.1) is 5.82 Å². The summed E-state index contributed by atoms with van der Waals surface area (Å²) in [7, 11) is 0. The van der Waals surface area contributed by atoms with Crippen LogP contribution in [0.1, 0.15) is 22.5 Å². The first kappa shape index (κ1) is 18.0. The highest BCUT2D eigenvalue weighted by molar-refractivity contribution is 5.93. The number of hydrogen-bond acceptors (Lipinski definition) is 4. The lowest BCUT2D eigenvalue weighted by molar-refractivity contribution is 0.0951. The molecule has 1 aromatic carbocycles. The minimum absolute atomic E-state index is 0. The molecular formula is C15H18ClFN2O3. The van der Waals surface area contributed by atoms with Gasteiger partial charge in [0.2, 0.25) is 0 Å². The molecule has 0 spiro atoms. The molecule has 120 valence electrons. The van der Waals surface area contributed by atoms with E-state index in [0.29, 0.717) is 36.6 Å². The second-order valence-corrected chi connectivity index (χ2v) is 4.42. The zero-order valence-corrected chi connectivity index (χ0v) is 12.7. The molecule has 5 nitrogen and oxygen atoms in total. The van der Waals surface area contributed by atoms with E-state index in [1.54, 1.807) is 18.2 Å². The highest BCUT2D eigenvalue weighted by Crippen LogP contribution is 2.11. The number of benzene rings is 1. The van der Waals surface area contributed by atoms with E-state index in [4.69, 9.17) is 14.9 Å². The fourth-order valence-electron chi connectivity index (χ4n) is 1.70. The second-order valence-electron chi connectivity index (χ2n) is 4.42. The number of nitrogens with one attached hydrogen (secondary N) is 1. The Hall–Kier alpha value is -2.05. The summed E-state index contributed by atoms with van der Waals surface area (Å²) in [5, 5.41) is 2.75. The van der Waals surface area contributed by atoms with Gasteiger partial charge < -0.3 is 20.2 Å². The molecule has 2 rings (SSSR count). The van der Waals surface area contributed by atoms with Crippen LogP contribution in [0.2, 0.25) is 0 Å². The Kier molecular flexibility index (Phi) is 7.42. The van der Waals surface area contributed by atoms with Crippen molar-refractivity contribution < 1.29 is 18.3 Å². The van der Waals surface area contributed by atoms with Crippen LogP contribution in [-0.2, 0) is 6.54 Å². The number of halogens is 2. The normalized spacial score (nSPS) is 9.91. The zero-order valence-electron chi connectivity index (χ0n) is 11.9. The number of amides is 1. The largest absolute Gasteiger partial charge is 0.494 e. The van der Waals surface area contributed by atoms with E-state index in [-0.39, 0.29) is 30.7 Å². The quantitative estimate of drug-likeness (QED) is 0.765. The topological polar surface area (TPSA) is 77.5 Å². The van der Waals surface area contributed by atoms with Gasteiger partial charge in [-0.15, -0.1) is 12.4 Å². The zero-order chi connectivity index (χ0) is 15.1. The number of carbonyl (C=O) groups excluding carboxylic acids is 1. The first-order valence-electron chi connectivity index (χ1n) is 6.63. The molecule has 0 bridgehead atoms. The van der Waals surface area contributed by atoms with Gasteiger partial charge in [-0.25, -0.2) is 4.39 Å². The second kappa shape index (κ2) is 9.07. The average molecular weight is 329 g/mol. The van der Waals surface area contributed by atoms with E-state index in [1.807, 2.05) is 0 Å². The first-order valence-corrected chi connectivity index (χ1v) is 6.63. The SMILES string of the molecule is Cl.NCc1cc(C(=O)NCCCOc2ccc(F)cc2)co1. The van der Waals surface area contributed by atoms with Crippen LogP contribution < -0.4 is 15.8 Å². The van der Waals surface area contributed by atoms with Crippen molar-refractivity contribution in [2.75, 3.05) is 13.2 Å². The van der Waals surface area contributed by atoms with Crippen molar-refractivity contribution in [2.45, 2.75) is 13.0 Å². The molecule has 0 aliphatic carbocycles. The maximum Gasteiger partial charge on any atom is 0.254 e. The van der Waals surface area contributed by atoms with Gasteiger partial charge in [0.05, 0.1) is 18.7 Å². The lowest BCUT2D eigenvalue weighted by Crippen LogP contribution is -2.25. The maximum absolute atomic E-state index is 12.7. The Balaban J connectivity index is 0.00000242. The molecule has 0 radical (unpaired) electrons. The summed E-state index contributed by atoms with van der Waals surface area (Å²) < 4.78 is 23.2. The van der Waals surface area contributed by atoms with Gasteiger partial charge in [0.25, 0.3) is 5.91 Å². The summed E-state index contributed by atoms with van der Waals surface area (Å²) in [6.07, 6.45) is 2.03. The Bertz CT molecular complexity index is 587. The molecule has 1 amide bonds. The van der Waals surface area contributed by atoms with E-state index in [2.05, 4.69) is 5.32 Å². The molecule has 2 aromatic rings. The molecule has 0 saturated heterocycles. The van der Waals surface area contributed by atoms with Crippen molar-refractivity contribution in [3.63, 3.8) is 0 Å². The van der Waals surface area contributed by atoms with Crippen LogP contribution in [0.25, 0.3) is 0 Å². The van der Waals surface area contributed by atoms with E-state index < -0.39 is 0 Å². The fourth-order valence-corrected chi connectivity index (χ4v) is 1.70. The smallest absolute Gasteiger partial charge is 0.254 e. The lowest BCUT2D eigenvalue weighted by Gasteiger charge is -2.06. The fraction of sp³-hybridized carbons (Fsp3) is 0.267. The minimum Gasteiger partial charge on any atom is -0.494 e. The molecule has 1 aromatic heterocycles. The van der Waals surface area contributed by atoms with Gasteiger partial charge in [-0.1, -0.05) is 0 Å². The van der Waals surface area contributed by atoms with E-state index in [1.165, 1.54) is 18.4 Å². The van der Waals surface area contributed by atoms with Crippen molar-refractivity contribution in [2.24, 2.45) is 5.73 Å². The summed E-state index contributed by atoms with van der Waals surface area (Å²) in [5.74, 6) is 0.664. The summed E-state index contributed by atoms with van der Waals surface area (Å²) >= 11 is 0. The molecule has 0 fully saturated rings. The van der Waals surface area contributed by atoms with Gasteiger partial charge in [0.15, 0.2) is 0 Å². The maximum atomic E-state index is 12.7. The van der Waals surface area contributed by atoms with Crippen molar-refractivity contribution in [1.29, 1.82) is 0 Å². The highest BCUT2D eigenvalue weighted by Gasteiger charge is 2.08. The monoisotopic (exact) mass is 328 g/mol. The third kappa shape index (κ3) is 5.38. The summed E-state index contributed by atoms with van der Waals surface area (Å²) in [6.45, 7) is 1.17. The van der Waals surface area contributed by atoms with Crippen molar-refractivity contribution in [3.05, 3.63) is 53.7 Å². The molecule has 0 atom stereocenters. The third-order valence-corrected chi connectivity index (χ3v) is 2.81. The molecule has 0 unspecified atom stereocenters. The van der Waals surface area contributed by atoms with Crippen LogP contribution in [-0.4, -0.2) is 19.1 Å². The molecule has 1 heterocycles. The van der Waals surface area contributed by atoms with Crippen molar-refractivity contribution >= 4 is 18.3 Å². The van der Waals surface area contributed by atoms with E-state index in [9.17, 15) is 9.18 Å². The molecule has 0 aliphatic rings. The highest BCUT2D eigenvalue weighted by atomic mass is 35.5. The number of furan rings is 1. The Labute approximate surface area is 134 Å². The van der Waals surface area contributed by atoms with Gasteiger partial charge in [-0.05, 0) is 36.8 Å². The average Bonchev–Trinajstić information content (AvgIpc) is 2.98. The number of ether oxygens (including phenoxy) is 1. The molecule has 7 heteroatoms. The number of rotatable bonds is 7. The molecule has 22 heavy (non-hydrogen) atoms. The summed E-state index contributed by atoms with van der Waals surface area (Å²) in [4.78, 5) is 11.8. The molecule has 0 aliphatic heterocycles. The van der Waals surface area contributed by atoms with Gasteiger partial charge in [-0.3, -0.25) is 4.79 Å². The van der Waals surface area contributed by atoms with Crippen LogP contribution in [0.5, 0.6) is 5.75 Å². The minimum atomic E-state index is -0.299. The van der Waals surface area contributed by atoms with E-state index >= 15 is 0 Å². The van der Waals surface area contributed by atoms with Crippen LogP contribution in [0.3, 0.4) is 0 Å². The predicted molar refractivity (Wildman–Crippen MR) is 82.7 cm³/mol. The predicted octanol–water partition coefficient (Wildman–Crippen LogP) is 2.50. The lowest BCUT2D eigenvalue weighted by atomic mass is 10.3. The Morgan fingerprint density at radius 3 is 2.68 bits per heavy atom. The Morgan fingerprint density at radius 1 is 1.32 bits per heavy atom. The van der Waals surface area contributed by atoms with Gasteiger partial charge >= 0.3 is 0 Å². The Morgan fingerprint density at radius 2 is 2.05 bits per heavy atom. The third-order valence-electron chi connectivity index (χ3n) is 2.81. The van der Waals surface area contributed by atoms with Crippen molar-refractivity contribution in [3.8, 4) is 5.75 Å². The van der Waals surface area contributed by atoms with Gasteiger partial charge in [0.1, 0.15) is 23.6 Å². The molecule has 0 saturated carbocycles. The number of nitrogens with two attached hydrogens (primary N) is 1. The first-order chi connectivity index (χ1) is 10.2. The van der Waals surface area contributed by atoms with Gasteiger partial charge in [-0.2, -0.15) is 0 Å². The van der Waals surface area contributed by atoms with E-state index in [0.717, 1.165) is 0 Å². The number of carbonyl (C=O) groups is 1. The standard InChI is InChI=1S/C15H17FN2O3.ClH/c16-12-2-4-13(5-3-12)20-7-1-6-18-15(19)11-8-14(9-17)21-10-11;/h2-5,8,10H,1,6-7,9,17H2,(H,18,19);1H. The van der Waals surface area contributed by atoms with Crippen molar-refractivity contribution in [1.82, 2.24) is 5.32 Å². The van der Waals surface area contributed by atoms with Gasteiger partial charge in [0, 0.05) is 6.54 Å². The summed E-state index contributed by atoms with van der Waals surface area (Å²) in [5.41, 5.74) is 5.86. The number of hydrogen-bond donors (Lipinski definition) is 2.